The number of aldehydes is 1. The number of aliphatic hydroxyl groups is 1. The van der Waals surface area contributed by atoms with E-state index in [2.05, 4.69) is 5.10 Å². The normalized spacial score (nSPS) is 14.2. The number of hydrogen-bond donors (Lipinski definition) is 1. The van der Waals surface area contributed by atoms with Crippen LogP contribution in [0.15, 0.2) is 41.5 Å². The van der Waals surface area contributed by atoms with Crippen LogP contribution < -0.4 is 5.69 Å². The quantitative estimate of drug-likeness (QED) is 0.662. The molecule has 0 saturated heterocycles. The van der Waals surface area contributed by atoms with E-state index in [9.17, 15) is 14.7 Å². The molecule has 0 aliphatic carbocycles. The molecule has 2 aromatic rings. The van der Waals surface area contributed by atoms with Gasteiger partial charge < -0.3 is 5.11 Å². The molecule has 1 aromatic carbocycles. The number of carbonyl (C=O) groups excluding carboxylic acids is 1. The van der Waals surface area contributed by atoms with Crippen LogP contribution in [0, 0.1) is 0 Å². The van der Waals surface area contributed by atoms with Crippen molar-refractivity contribution in [2.45, 2.75) is 26.0 Å². The fourth-order valence-corrected chi connectivity index (χ4v) is 1.87. The first kappa shape index (κ1) is 14.9. The average molecular weight is 287 g/mol. The third kappa shape index (κ3) is 3.17. The Balaban J connectivity index is 2.33. The summed E-state index contributed by atoms with van der Waals surface area (Å²) >= 11 is 0. The van der Waals surface area contributed by atoms with Crippen LogP contribution in [0.3, 0.4) is 0 Å². The predicted octanol–water partition coefficient (Wildman–Crippen LogP) is 1.19. The molecule has 21 heavy (non-hydrogen) atoms. The predicted molar refractivity (Wildman–Crippen MR) is 79.3 cm³/mol. The molecule has 0 amide bonds. The summed E-state index contributed by atoms with van der Waals surface area (Å²) < 4.78 is 2.66. The first-order chi connectivity index (χ1) is 10.0. The molecule has 0 saturated carbocycles. The van der Waals surface area contributed by atoms with E-state index in [1.165, 1.54) is 21.7 Å². The molecule has 0 aliphatic rings. The molecule has 1 aromatic heterocycles. The minimum Gasteiger partial charge on any atom is -0.391 e. The van der Waals surface area contributed by atoms with Crippen LogP contribution in [0.25, 0.3) is 11.8 Å². The third-order valence-electron chi connectivity index (χ3n) is 3.32. The van der Waals surface area contributed by atoms with Gasteiger partial charge >= 0.3 is 5.69 Å². The van der Waals surface area contributed by atoms with Gasteiger partial charge in [0.05, 0.1) is 17.8 Å². The minimum absolute atomic E-state index is 0.306. The Labute approximate surface area is 122 Å². The number of aromatic nitrogens is 3. The second-order valence-corrected chi connectivity index (χ2v) is 4.80. The van der Waals surface area contributed by atoms with E-state index in [0.29, 0.717) is 12.0 Å². The van der Waals surface area contributed by atoms with Gasteiger partial charge in [-0.1, -0.05) is 18.2 Å². The summed E-state index contributed by atoms with van der Waals surface area (Å²) in [6, 6.07) is 6.75. The molecular weight excluding hydrogens is 270 g/mol. The highest BCUT2D eigenvalue weighted by molar-refractivity contribution is 5.73. The van der Waals surface area contributed by atoms with E-state index < -0.39 is 12.1 Å². The van der Waals surface area contributed by atoms with Crippen molar-refractivity contribution in [3.8, 4) is 5.69 Å². The van der Waals surface area contributed by atoms with Gasteiger partial charge in [-0.25, -0.2) is 14.0 Å². The maximum absolute atomic E-state index is 12.3. The van der Waals surface area contributed by atoms with Crippen LogP contribution in [0.5, 0.6) is 0 Å². The van der Waals surface area contributed by atoms with Gasteiger partial charge in [-0.3, -0.25) is 4.79 Å². The molecule has 0 radical (unpaired) electrons. The number of hydrogen-bond acceptors (Lipinski definition) is 4. The lowest BCUT2D eigenvalue weighted by atomic mass is 10.2. The summed E-state index contributed by atoms with van der Waals surface area (Å²) in [6.45, 7) is 3.35. The first-order valence-corrected chi connectivity index (χ1v) is 6.61. The second kappa shape index (κ2) is 6.32. The number of rotatable bonds is 5. The van der Waals surface area contributed by atoms with Crippen LogP contribution in [0.1, 0.15) is 25.5 Å². The van der Waals surface area contributed by atoms with Gasteiger partial charge in [0, 0.05) is 0 Å². The molecule has 0 aliphatic heterocycles. The third-order valence-corrected chi connectivity index (χ3v) is 3.32. The SMILES string of the molecule is C[C@@H](O)[C@H](C)n1ncn(-c2ccc(C=CC=O)cc2)c1=O. The van der Waals surface area contributed by atoms with E-state index in [1.807, 2.05) is 0 Å². The van der Waals surface area contributed by atoms with E-state index in [0.717, 1.165) is 5.56 Å². The molecule has 0 spiro atoms. The molecule has 0 bridgehead atoms. The highest BCUT2D eigenvalue weighted by atomic mass is 16.3. The van der Waals surface area contributed by atoms with Gasteiger partial charge in [-0.2, -0.15) is 5.10 Å². The van der Waals surface area contributed by atoms with Gasteiger partial charge in [0.15, 0.2) is 0 Å². The largest absolute Gasteiger partial charge is 0.391 e. The van der Waals surface area contributed by atoms with Crippen LogP contribution in [-0.2, 0) is 4.79 Å². The molecule has 0 unspecified atom stereocenters. The summed E-state index contributed by atoms with van der Waals surface area (Å²) in [5.41, 5.74) is 1.23. The van der Waals surface area contributed by atoms with Gasteiger partial charge in [0.1, 0.15) is 12.6 Å². The molecule has 0 fully saturated rings. The number of allylic oxidation sites excluding steroid dienone is 1. The zero-order chi connectivity index (χ0) is 15.4. The second-order valence-electron chi connectivity index (χ2n) is 4.80. The van der Waals surface area contributed by atoms with Gasteiger partial charge in [0.25, 0.3) is 0 Å². The Kier molecular flexibility index (Phi) is 4.49. The van der Waals surface area contributed by atoms with Gasteiger partial charge in [0.2, 0.25) is 0 Å². The highest BCUT2D eigenvalue weighted by Crippen LogP contribution is 2.10. The lowest BCUT2D eigenvalue weighted by Crippen LogP contribution is -2.31. The topological polar surface area (TPSA) is 77.1 Å². The smallest absolute Gasteiger partial charge is 0.350 e. The minimum atomic E-state index is -0.665. The standard InChI is InChI=1S/C15H17N3O3/c1-11(12(2)20)18-15(21)17(10-16-18)14-7-5-13(6-8-14)4-3-9-19/h3-12,20H,1-2H3/t11-,12+/m0/s1. The Hall–Kier alpha value is -2.47. The maximum Gasteiger partial charge on any atom is 0.350 e. The Morgan fingerprint density at radius 1 is 1.24 bits per heavy atom. The Bertz CT molecular complexity index is 696. The van der Waals surface area contributed by atoms with Crippen LogP contribution in [0.2, 0.25) is 0 Å². The number of benzene rings is 1. The molecule has 1 N–H and O–H groups in total. The van der Waals surface area contributed by atoms with Crippen LogP contribution in [0.4, 0.5) is 0 Å². The highest BCUT2D eigenvalue weighted by Gasteiger charge is 2.16. The molecule has 6 nitrogen and oxygen atoms in total. The monoisotopic (exact) mass is 287 g/mol. The van der Waals surface area contributed by atoms with Crippen molar-refractivity contribution in [3.05, 3.63) is 52.7 Å². The number of aliphatic hydroxyl groups excluding tert-OH is 1. The Morgan fingerprint density at radius 2 is 1.90 bits per heavy atom. The van der Waals surface area contributed by atoms with E-state index in [4.69, 9.17) is 0 Å². The van der Waals surface area contributed by atoms with Crippen molar-refractivity contribution in [1.82, 2.24) is 14.3 Å². The first-order valence-electron chi connectivity index (χ1n) is 6.61. The van der Waals surface area contributed by atoms with Gasteiger partial charge in [-0.15, -0.1) is 0 Å². The van der Waals surface area contributed by atoms with Crippen molar-refractivity contribution in [2.75, 3.05) is 0 Å². The van der Waals surface area contributed by atoms with Crippen molar-refractivity contribution in [1.29, 1.82) is 0 Å². The Morgan fingerprint density at radius 3 is 2.48 bits per heavy atom. The van der Waals surface area contributed by atoms with Crippen LogP contribution >= 0.6 is 0 Å². The maximum atomic E-state index is 12.3. The van der Waals surface area contributed by atoms with E-state index in [1.54, 1.807) is 44.2 Å². The van der Waals surface area contributed by atoms with Crippen molar-refractivity contribution >= 4 is 12.4 Å². The van der Waals surface area contributed by atoms with Crippen LogP contribution in [-0.4, -0.2) is 31.8 Å². The van der Waals surface area contributed by atoms with Gasteiger partial charge in [-0.05, 0) is 37.6 Å². The lowest BCUT2D eigenvalue weighted by Gasteiger charge is -2.13. The zero-order valence-electron chi connectivity index (χ0n) is 11.9. The summed E-state index contributed by atoms with van der Waals surface area (Å²) in [5, 5.41) is 13.6. The van der Waals surface area contributed by atoms with E-state index >= 15 is 0 Å². The molecule has 2 atom stereocenters. The summed E-state index contributed by atoms with van der Waals surface area (Å²) in [5.74, 6) is 0. The molecule has 110 valence electrons. The summed E-state index contributed by atoms with van der Waals surface area (Å²) in [7, 11) is 0. The fourth-order valence-electron chi connectivity index (χ4n) is 1.87. The van der Waals surface area contributed by atoms with Crippen molar-refractivity contribution in [3.63, 3.8) is 0 Å². The number of nitrogens with zero attached hydrogens (tertiary/aromatic N) is 3. The molecule has 1 heterocycles. The molecule has 6 heteroatoms. The average Bonchev–Trinajstić information content (AvgIpc) is 2.86. The molecular formula is C15H17N3O3. The zero-order valence-corrected chi connectivity index (χ0v) is 11.9. The van der Waals surface area contributed by atoms with Crippen molar-refractivity contribution in [2.24, 2.45) is 0 Å². The number of carbonyl (C=O) groups is 1. The molecule has 2 rings (SSSR count). The summed E-state index contributed by atoms with van der Waals surface area (Å²) in [4.78, 5) is 22.5. The fraction of sp³-hybridized carbons (Fsp3) is 0.267. The van der Waals surface area contributed by atoms with E-state index in [-0.39, 0.29) is 5.69 Å². The lowest BCUT2D eigenvalue weighted by molar-refractivity contribution is -0.104. The van der Waals surface area contributed by atoms with Crippen molar-refractivity contribution < 1.29 is 9.90 Å². The summed E-state index contributed by atoms with van der Waals surface area (Å²) in [6.07, 6.45) is 4.56.